The highest BCUT2D eigenvalue weighted by Gasteiger charge is 2.54. The Morgan fingerprint density at radius 1 is 0.571 bits per heavy atom. The Morgan fingerprint density at radius 3 is 1.29 bits per heavy atom. The quantitative estimate of drug-likeness (QED) is 0.0743. The third-order valence-corrected chi connectivity index (χ3v) is 30.4. The highest BCUT2D eigenvalue weighted by Crippen LogP contribution is 2.36. The third-order valence-electron chi connectivity index (χ3n) is 8.20. The summed E-state index contributed by atoms with van der Waals surface area (Å²) >= 11 is 0. The van der Waals surface area contributed by atoms with Gasteiger partial charge in [-0.2, -0.15) is 0 Å². The molecular weight excluding hydrogens is 645 g/mol. The van der Waals surface area contributed by atoms with Gasteiger partial charge < -0.3 is 54.6 Å². The summed E-state index contributed by atoms with van der Waals surface area (Å²) in [4.78, 5) is 0. The molecule has 0 amide bonds. The molecule has 254 valence electrons. The van der Waals surface area contributed by atoms with Crippen molar-refractivity contribution in [2.75, 3.05) is 77.1 Å². The molecule has 1 atom stereocenters. The van der Waals surface area contributed by atoms with E-state index in [-0.39, 0.29) is 5.16 Å². The van der Waals surface area contributed by atoms with Crippen molar-refractivity contribution in [2.45, 2.75) is 81.1 Å². The first-order valence-electron chi connectivity index (χ1n) is 14.8. The summed E-state index contributed by atoms with van der Waals surface area (Å²) in [5.74, 6) is 0.293. The third kappa shape index (κ3) is 13.7. The molecule has 0 aliphatic rings. The minimum absolute atomic E-state index is 0.119. The summed E-state index contributed by atoms with van der Waals surface area (Å²) in [6, 6.07) is 3.83. The zero-order chi connectivity index (χ0) is 32.5. The van der Waals surface area contributed by atoms with Crippen molar-refractivity contribution in [2.24, 2.45) is 0 Å². The summed E-state index contributed by atoms with van der Waals surface area (Å²) in [6.07, 6.45) is 1.82. The summed E-state index contributed by atoms with van der Waals surface area (Å²) in [5, 5.41) is 7.64. The molecule has 18 heteroatoms. The molecule has 0 aromatic heterocycles. The highest BCUT2D eigenvalue weighted by molar-refractivity contribution is 6.93. The molecule has 0 saturated heterocycles. The van der Waals surface area contributed by atoms with Crippen LogP contribution >= 0.6 is 0 Å². The van der Waals surface area contributed by atoms with Crippen LogP contribution in [-0.4, -0.2) is 135 Å². The molecule has 0 saturated carbocycles. The van der Waals surface area contributed by atoms with E-state index in [1.165, 1.54) is 6.04 Å². The zero-order valence-corrected chi connectivity index (χ0v) is 35.5. The average Bonchev–Trinajstić information content (AvgIpc) is 2.98. The maximum absolute atomic E-state index is 7.01. The zero-order valence-electron chi connectivity index (χ0n) is 29.1. The van der Waals surface area contributed by atoms with Gasteiger partial charge >= 0.3 is 26.4 Å². The first-order valence-corrected chi connectivity index (χ1v) is 28.4. The van der Waals surface area contributed by atoms with Crippen molar-refractivity contribution in [3.63, 3.8) is 0 Å². The van der Waals surface area contributed by atoms with Gasteiger partial charge in [0, 0.05) is 87.0 Å². The van der Waals surface area contributed by atoms with Crippen LogP contribution in [0, 0.1) is 0 Å². The van der Waals surface area contributed by atoms with Crippen molar-refractivity contribution in [1.82, 2.24) is 10.6 Å². The normalized spacial score (nSPS) is 14.9. The van der Waals surface area contributed by atoms with Crippen molar-refractivity contribution >= 4 is 52.6 Å². The van der Waals surface area contributed by atoms with E-state index in [1.54, 1.807) is 64.0 Å². The van der Waals surface area contributed by atoms with E-state index in [1.807, 2.05) is 0 Å². The lowest BCUT2D eigenvalue weighted by Gasteiger charge is -2.42. The lowest BCUT2D eigenvalue weighted by atomic mass is 10.4. The summed E-state index contributed by atoms with van der Waals surface area (Å²) in [7, 11) is 2.47. The molecule has 0 rings (SSSR count). The molecule has 0 spiro atoms. The second-order valence-electron chi connectivity index (χ2n) is 11.6. The van der Waals surface area contributed by atoms with E-state index in [0.29, 0.717) is 5.79 Å². The van der Waals surface area contributed by atoms with Crippen LogP contribution in [0.4, 0.5) is 0 Å². The van der Waals surface area contributed by atoms with Gasteiger partial charge in [-0.3, -0.25) is 0 Å². The molecule has 0 fully saturated rings. The molecule has 0 bridgehead atoms. The van der Waals surface area contributed by atoms with Crippen LogP contribution in [0.2, 0.25) is 55.5 Å². The van der Waals surface area contributed by atoms with Crippen molar-refractivity contribution in [3.8, 4) is 0 Å². The molecule has 12 nitrogen and oxygen atoms in total. The van der Waals surface area contributed by atoms with E-state index in [4.69, 9.17) is 43.9 Å². The second kappa shape index (κ2) is 20.8. The fourth-order valence-electron chi connectivity index (χ4n) is 5.34. The van der Waals surface area contributed by atoms with Gasteiger partial charge in [-0.25, -0.2) is 0 Å². The minimum Gasteiger partial charge on any atom is -0.455 e. The number of hydrogen-bond acceptors (Lipinski definition) is 12. The standard InChI is InChI=1S/C24H64N2O10Si6/c1-23(42(33-8,34-9)35-10)39(13,14)36-38(11,12)22-19-37-24(25-17-15-20-40(27-2,28-3)29-4)26-18-16-21-41(30-5,31-6)32-7/h23-26H,15-22,37H2,1-14H3. The van der Waals surface area contributed by atoms with Gasteiger partial charge in [-0.1, -0.05) is 13.0 Å². The maximum Gasteiger partial charge on any atom is 0.502 e. The largest absolute Gasteiger partial charge is 0.502 e. The molecule has 0 aromatic carbocycles. The second-order valence-corrected chi connectivity index (χ2v) is 32.6. The molecule has 42 heavy (non-hydrogen) atoms. The lowest BCUT2D eigenvalue weighted by molar-refractivity contribution is 0.119. The molecule has 0 aromatic rings. The molecule has 1 unspecified atom stereocenters. The highest BCUT2D eigenvalue weighted by atomic mass is 28.5. The predicted octanol–water partition coefficient (Wildman–Crippen LogP) is 2.81. The summed E-state index contributed by atoms with van der Waals surface area (Å²) in [6.45, 7) is 13.1. The van der Waals surface area contributed by atoms with Crippen LogP contribution < -0.4 is 10.6 Å². The van der Waals surface area contributed by atoms with Crippen molar-refractivity contribution in [3.05, 3.63) is 0 Å². The Hall–Kier alpha value is 0.821. The minimum atomic E-state index is -2.79. The molecular formula is C24H64N2O10Si6. The van der Waals surface area contributed by atoms with Crippen LogP contribution in [0.1, 0.15) is 19.8 Å². The van der Waals surface area contributed by atoms with E-state index >= 15 is 0 Å². The van der Waals surface area contributed by atoms with Gasteiger partial charge in [0.15, 0.2) is 16.6 Å². The van der Waals surface area contributed by atoms with Gasteiger partial charge in [-0.05, 0) is 58.2 Å². The van der Waals surface area contributed by atoms with Gasteiger partial charge in [0.2, 0.25) is 0 Å². The number of nitrogens with one attached hydrogen (secondary N) is 2. The molecule has 0 aliphatic heterocycles. The Kier molecular flexibility index (Phi) is 21.3. The first-order chi connectivity index (χ1) is 19.7. The molecule has 2 N–H and O–H groups in total. The van der Waals surface area contributed by atoms with Crippen LogP contribution in [0.3, 0.4) is 0 Å². The number of hydrogen-bond donors (Lipinski definition) is 2. The Labute approximate surface area is 264 Å². The van der Waals surface area contributed by atoms with Crippen molar-refractivity contribution < 1.29 is 43.9 Å². The first kappa shape index (κ1) is 42.8. The SMILES string of the molecule is CO[Si](CCCNC(NCCC[Si](OC)(OC)OC)[SiH2]CC[Si](C)(C)O[Si](C)(C)C(C)[Si](OC)(OC)OC)(OC)OC. The van der Waals surface area contributed by atoms with Gasteiger partial charge in [0.1, 0.15) is 0 Å². The fourth-order valence-corrected chi connectivity index (χ4v) is 27.6. The maximum atomic E-state index is 7.01. The Morgan fingerprint density at radius 2 is 0.952 bits per heavy atom. The van der Waals surface area contributed by atoms with Gasteiger partial charge in [-0.15, -0.1) is 0 Å². The van der Waals surface area contributed by atoms with E-state index in [9.17, 15) is 0 Å². The van der Waals surface area contributed by atoms with Crippen LogP contribution in [0.5, 0.6) is 0 Å². The van der Waals surface area contributed by atoms with Gasteiger partial charge in [0.05, 0.1) is 9.52 Å². The lowest BCUT2D eigenvalue weighted by Crippen LogP contribution is -2.59. The smallest absolute Gasteiger partial charge is 0.455 e. The van der Waals surface area contributed by atoms with E-state index < -0.39 is 52.6 Å². The molecule has 0 radical (unpaired) electrons. The predicted molar refractivity (Wildman–Crippen MR) is 183 cm³/mol. The Bertz CT molecular complexity index is 652. The van der Waals surface area contributed by atoms with Crippen molar-refractivity contribution in [1.29, 1.82) is 0 Å². The van der Waals surface area contributed by atoms with E-state index in [0.717, 1.165) is 44.1 Å². The summed E-state index contributed by atoms with van der Waals surface area (Å²) < 4.78 is 57.9. The summed E-state index contributed by atoms with van der Waals surface area (Å²) in [5.41, 5.74) is 0. The monoisotopic (exact) mass is 708 g/mol. The average molecular weight is 709 g/mol. The Balaban J connectivity index is 5.24. The van der Waals surface area contributed by atoms with Gasteiger partial charge in [0.25, 0.3) is 0 Å². The van der Waals surface area contributed by atoms with E-state index in [2.05, 4.69) is 43.7 Å². The topological polar surface area (TPSA) is 116 Å². The fraction of sp³-hybridized carbons (Fsp3) is 1.00. The van der Waals surface area contributed by atoms with Crippen LogP contribution in [0.25, 0.3) is 0 Å². The molecule has 0 aliphatic carbocycles. The number of rotatable bonds is 27. The molecule has 0 heterocycles. The van der Waals surface area contributed by atoms with Crippen LogP contribution in [-0.2, 0) is 43.9 Å². The van der Waals surface area contributed by atoms with Crippen LogP contribution in [0.15, 0.2) is 0 Å².